The highest BCUT2D eigenvalue weighted by Crippen LogP contribution is 2.34. The van der Waals surface area contributed by atoms with Crippen molar-refractivity contribution in [3.8, 4) is 33.7 Å². The Morgan fingerprint density at radius 1 is 0.862 bits per heavy atom. The molecule has 0 bridgehead atoms. The number of imidazole rings is 1. The lowest BCUT2D eigenvalue weighted by atomic mass is 10.1. The summed E-state index contributed by atoms with van der Waals surface area (Å²) in [6.45, 7) is 0. The zero-order valence-corrected chi connectivity index (χ0v) is 16.1. The van der Waals surface area contributed by atoms with Crippen molar-refractivity contribution in [1.82, 2.24) is 19.9 Å². The molecule has 6 heteroatoms. The molecule has 0 fully saturated rings. The molecule has 6 nitrogen and oxygen atoms in total. The maximum absolute atomic E-state index is 6.23. The third-order valence-corrected chi connectivity index (χ3v) is 4.91. The summed E-state index contributed by atoms with van der Waals surface area (Å²) < 4.78 is 6.23. The normalized spacial score (nSPS) is 11.1. The summed E-state index contributed by atoms with van der Waals surface area (Å²) in [6, 6.07) is 16.2. The van der Waals surface area contributed by atoms with E-state index in [-0.39, 0.29) is 0 Å². The van der Waals surface area contributed by atoms with E-state index < -0.39 is 0 Å². The first-order valence-corrected chi connectivity index (χ1v) is 9.30. The van der Waals surface area contributed by atoms with Crippen molar-refractivity contribution in [1.29, 1.82) is 0 Å². The molecule has 5 aromatic rings. The van der Waals surface area contributed by atoms with Gasteiger partial charge in [0.15, 0.2) is 5.58 Å². The van der Waals surface area contributed by atoms with Crippen molar-refractivity contribution >= 4 is 16.9 Å². The van der Waals surface area contributed by atoms with Gasteiger partial charge in [-0.1, -0.05) is 24.3 Å². The van der Waals surface area contributed by atoms with E-state index in [4.69, 9.17) is 4.42 Å². The molecule has 0 aliphatic rings. The second-order valence-corrected chi connectivity index (χ2v) is 7.03. The third kappa shape index (κ3) is 3.14. The summed E-state index contributed by atoms with van der Waals surface area (Å²) in [5.41, 5.74) is 6.63. The lowest BCUT2D eigenvalue weighted by Crippen LogP contribution is -2.09. The number of benzene rings is 1. The fourth-order valence-corrected chi connectivity index (χ4v) is 3.35. The lowest BCUT2D eigenvalue weighted by molar-refractivity contribution is 0.632. The summed E-state index contributed by atoms with van der Waals surface area (Å²) in [6.07, 6.45) is 7.15. The fraction of sp³-hybridized carbons (Fsp3) is 0.0870. The molecule has 0 saturated carbocycles. The number of furan rings is 1. The van der Waals surface area contributed by atoms with Gasteiger partial charge in [0.2, 0.25) is 0 Å². The minimum atomic E-state index is 0.763. The molecule has 0 unspecified atom stereocenters. The van der Waals surface area contributed by atoms with E-state index in [1.807, 2.05) is 73.9 Å². The Hall–Kier alpha value is -3.93. The van der Waals surface area contributed by atoms with Crippen molar-refractivity contribution in [3.63, 3.8) is 0 Å². The number of aromatic nitrogens is 4. The van der Waals surface area contributed by atoms with E-state index in [2.05, 4.69) is 26.0 Å². The van der Waals surface area contributed by atoms with Gasteiger partial charge < -0.3 is 14.3 Å². The second-order valence-electron chi connectivity index (χ2n) is 7.03. The summed E-state index contributed by atoms with van der Waals surface area (Å²) in [5, 5.41) is 0. The summed E-state index contributed by atoms with van der Waals surface area (Å²) in [5.74, 6) is 1.70. The highest BCUT2D eigenvalue weighted by Gasteiger charge is 2.13. The van der Waals surface area contributed by atoms with E-state index in [1.54, 1.807) is 12.5 Å². The standard InChI is InChI=1S/C23H19N5O/c1-28(2)22-8-7-17(12-26-22)18-9-10-25-19-11-21(29-23(18)19)16-5-3-15(4-6-16)20-13-24-14-27-20/h3-14H,1-2H3,(H,24,27). The Morgan fingerprint density at radius 3 is 2.34 bits per heavy atom. The molecule has 5 rings (SSSR count). The van der Waals surface area contributed by atoms with E-state index in [0.717, 1.165) is 50.6 Å². The zero-order valence-electron chi connectivity index (χ0n) is 16.1. The third-order valence-electron chi connectivity index (χ3n) is 4.91. The number of pyridine rings is 2. The van der Waals surface area contributed by atoms with Crippen LogP contribution in [0.4, 0.5) is 5.82 Å². The van der Waals surface area contributed by atoms with Gasteiger partial charge in [0.25, 0.3) is 0 Å². The molecule has 0 atom stereocenters. The highest BCUT2D eigenvalue weighted by atomic mass is 16.3. The van der Waals surface area contributed by atoms with Gasteiger partial charge >= 0.3 is 0 Å². The largest absolute Gasteiger partial charge is 0.454 e. The molecule has 29 heavy (non-hydrogen) atoms. The van der Waals surface area contributed by atoms with Crippen LogP contribution in [0.25, 0.3) is 44.8 Å². The number of rotatable bonds is 4. The van der Waals surface area contributed by atoms with Crippen LogP contribution in [-0.2, 0) is 0 Å². The van der Waals surface area contributed by atoms with Crippen LogP contribution in [0.1, 0.15) is 0 Å². The molecule has 0 spiro atoms. The molecule has 0 radical (unpaired) electrons. The van der Waals surface area contributed by atoms with E-state index in [9.17, 15) is 0 Å². The Balaban J connectivity index is 1.53. The van der Waals surface area contributed by atoms with Gasteiger partial charge in [0, 0.05) is 49.2 Å². The molecule has 0 saturated heterocycles. The van der Waals surface area contributed by atoms with Gasteiger partial charge in [0.05, 0.1) is 18.2 Å². The van der Waals surface area contributed by atoms with Crippen LogP contribution in [-0.4, -0.2) is 34.0 Å². The minimum Gasteiger partial charge on any atom is -0.454 e. The topological polar surface area (TPSA) is 70.8 Å². The summed E-state index contributed by atoms with van der Waals surface area (Å²) >= 11 is 0. The molecule has 1 aromatic carbocycles. The van der Waals surface area contributed by atoms with E-state index in [0.29, 0.717) is 0 Å². The highest BCUT2D eigenvalue weighted by molar-refractivity contribution is 5.92. The molecule has 0 aliphatic heterocycles. The zero-order chi connectivity index (χ0) is 19.8. The average Bonchev–Trinajstić information content (AvgIpc) is 3.44. The van der Waals surface area contributed by atoms with Crippen LogP contribution in [0.5, 0.6) is 0 Å². The van der Waals surface area contributed by atoms with Crippen LogP contribution in [0, 0.1) is 0 Å². The number of nitrogens with zero attached hydrogens (tertiary/aromatic N) is 4. The first-order valence-electron chi connectivity index (χ1n) is 9.30. The quantitative estimate of drug-likeness (QED) is 0.474. The van der Waals surface area contributed by atoms with Crippen LogP contribution in [0.15, 0.2) is 77.9 Å². The molecular formula is C23H19N5O. The predicted octanol–water partition coefficient (Wildman–Crippen LogP) is 5.01. The van der Waals surface area contributed by atoms with Crippen LogP contribution in [0.3, 0.4) is 0 Å². The maximum Gasteiger partial charge on any atom is 0.161 e. The smallest absolute Gasteiger partial charge is 0.161 e. The molecule has 142 valence electrons. The Bertz CT molecular complexity index is 1250. The first-order chi connectivity index (χ1) is 14.2. The van der Waals surface area contributed by atoms with Gasteiger partial charge in [-0.2, -0.15) is 0 Å². The van der Waals surface area contributed by atoms with Crippen LogP contribution < -0.4 is 4.90 Å². The van der Waals surface area contributed by atoms with E-state index in [1.165, 1.54) is 0 Å². The number of anilines is 1. The molecule has 1 N–H and O–H groups in total. The van der Waals surface area contributed by atoms with Crippen molar-refractivity contribution in [2.45, 2.75) is 0 Å². The Morgan fingerprint density at radius 2 is 1.66 bits per heavy atom. The number of aromatic amines is 1. The van der Waals surface area contributed by atoms with E-state index >= 15 is 0 Å². The number of hydrogen-bond donors (Lipinski definition) is 1. The minimum absolute atomic E-state index is 0.763. The maximum atomic E-state index is 6.23. The van der Waals surface area contributed by atoms with Crippen LogP contribution >= 0.6 is 0 Å². The second kappa shape index (κ2) is 6.91. The van der Waals surface area contributed by atoms with Gasteiger partial charge in [-0.3, -0.25) is 4.98 Å². The van der Waals surface area contributed by atoms with Crippen molar-refractivity contribution in [2.75, 3.05) is 19.0 Å². The lowest BCUT2D eigenvalue weighted by Gasteiger charge is -2.11. The van der Waals surface area contributed by atoms with Crippen molar-refractivity contribution in [3.05, 3.63) is 73.4 Å². The fourth-order valence-electron chi connectivity index (χ4n) is 3.35. The van der Waals surface area contributed by atoms with Gasteiger partial charge in [-0.25, -0.2) is 9.97 Å². The predicted molar refractivity (Wildman–Crippen MR) is 115 cm³/mol. The van der Waals surface area contributed by atoms with Crippen LogP contribution in [0.2, 0.25) is 0 Å². The average molecular weight is 381 g/mol. The Labute approximate surface area is 167 Å². The van der Waals surface area contributed by atoms with Gasteiger partial charge in [-0.15, -0.1) is 0 Å². The first kappa shape index (κ1) is 17.2. The summed E-state index contributed by atoms with van der Waals surface area (Å²) in [7, 11) is 3.95. The number of fused-ring (bicyclic) bond motifs is 1. The van der Waals surface area contributed by atoms with Gasteiger partial charge in [0.1, 0.15) is 17.1 Å². The Kier molecular flexibility index (Phi) is 4.09. The molecule has 0 aliphatic carbocycles. The molecule has 0 amide bonds. The SMILES string of the molecule is CN(C)c1ccc(-c2ccnc3cc(-c4ccc(-c5cnc[nH]5)cc4)oc23)cn1. The monoisotopic (exact) mass is 381 g/mol. The number of H-pyrrole nitrogens is 1. The van der Waals surface area contributed by atoms with Crippen molar-refractivity contribution in [2.24, 2.45) is 0 Å². The molecule has 4 aromatic heterocycles. The molecule has 4 heterocycles. The van der Waals surface area contributed by atoms with Gasteiger partial charge in [-0.05, 0) is 23.8 Å². The summed E-state index contributed by atoms with van der Waals surface area (Å²) in [4.78, 5) is 18.2. The molecular weight excluding hydrogens is 362 g/mol. The number of hydrogen-bond acceptors (Lipinski definition) is 5. The van der Waals surface area contributed by atoms with Crippen molar-refractivity contribution < 1.29 is 4.42 Å². The number of nitrogens with one attached hydrogen (secondary N) is 1.